The minimum Gasteiger partial charge on any atom is -0.494 e. The van der Waals surface area contributed by atoms with E-state index in [0.29, 0.717) is 11.7 Å². The zero-order valence-electron chi connectivity index (χ0n) is 18.9. The van der Waals surface area contributed by atoms with Gasteiger partial charge in [-0.15, -0.1) is 0 Å². The SMILES string of the molecule is CCCCCCCCOc1ccc(-c2ccc([C@@H]3CC[C@@H](CC)CC3=O)cc2)cc1. The molecule has 0 bridgehead atoms. The fraction of sp³-hybridized carbons (Fsp3) is 0.536. The lowest BCUT2D eigenvalue weighted by Crippen LogP contribution is -2.23. The Balaban J connectivity index is 1.49. The fourth-order valence-electron chi connectivity index (χ4n) is 4.52. The first-order valence-electron chi connectivity index (χ1n) is 12.1. The summed E-state index contributed by atoms with van der Waals surface area (Å²) < 4.78 is 5.89. The summed E-state index contributed by atoms with van der Waals surface area (Å²) in [5, 5.41) is 0. The number of Topliss-reactive ketones (excluding diaryl/α,β-unsaturated/α-hetero) is 1. The van der Waals surface area contributed by atoms with E-state index in [1.54, 1.807) is 0 Å². The van der Waals surface area contributed by atoms with Gasteiger partial charge in [0.2, 0.25) is 0 Å². The van der Waals surface area contributed by atoms with E-state index in [1.807, 2.05) is 0 Å². The lowest BCUT2D eigenvalue weighted by molar-refractivity contribution is -0.123. The summed E-state index contributed by atoms with van der Waals surface area (Å²) in [4.78, 5) is 12.5. The highest BCUT2D eigenvalue weighted by molar-refractivity contribution is 5.86. The third-order valence-electron chi connectivity index (χ3n) is 6.59. The number of hydrogen-bond donors (Lipinski definition) is 0. The molecule has 0 saturated heterocycles. The van der Waals surface area contributed by atoms with Crippen molar-refractivity contribution in [2.75, 3.05) is 6.61 Å². The normalized spacial score (nSPS) is 19.1. The summed E-state index contributed by atoms with van der Waals surface area (Å²) in [5.74, 6) is 2.06. The van der Waals surface area contributed by atoms with E-state index in [1.165, 1.54) is 55.2 Å². The molecule has 2 aromatic rings. The second-order valence-electron chi connectivity index (χ2n) is 8.84. The number of unbranched alkanes of at least 4 members (excludes halogenated alkanes) is 5. The predicted octanol–water partition coefficient (Wildman–Crippen LogP) is 7.96. The summed E-state index contributed by atoms with van der Waals surface area (Å²) in [6, 6.07) is 17.0. The Hall–Kier alpha value is -2.09. The van der Waals surface area contributed by atoms with Gasteiger partial charge >= 0.3 is 0 Å². The van der Waals surface area contributed by atoms with Crippen molar-refractivity contribution in [3.8, 4) is 16.9 Å². The monoisotopic (exact) mass is 406 g/mol. The van der Waals surface area contributed by atoms with Gasteiger partial charge < -0.3 is 4.74 Å². The van der Waals surface area contributed by atoms with Crippen LogP contribution in [0.2, 0.25) is 0 Å². The van der Waals surface area contributed by atoms with Crippen LogP contribution in [-0.4, -0.2) is 12.4 Å². The Kier molecular flexibility index (Phi) is 8.99. The third-order valence-corrected chi connectivity index (χ3v) is 6.59. The maximum Gasteiger partial charge on any atom is 0.140 e. The molecule has 1 fully saturated rings. The number of carbonyl (C=O) groups excluding carboxylic acids is 1. The van der Waals surface area contributed by atoms with E-state index in [2.05, 4.69) is 62.4 Å². The Morgan fingerprint density at radius 3 is 2.07 bits per heavy atom. The molecule has 0 aliphatic heterocycles. The zero-order valence-corrected chi connectivity index (χ0v) is 18.9. The molecule has 2 nitrogen and oxygen atoms in total. The van der Waals surface area contributed by atoms with Gasteiger partial charge in [-0.05, 0) is 54.0 Å². The molecular weight excluding hydrogens is 368 g/mol. The minimum atomic E-state index is 0.0969. The van der Waals surface area contributed by atoms with Crippen molar-refractivity contribution in [1.82, 2.24) is 0 Å². The Bertz CT molecular complexity index is 760. The van der Waals surface area contributed by atoms with Crippen molar-refractivity contribution in [3.63, 3.8) is 0 Å². The number of carbonyl (C=O) groups is 1. The first kappa shape index (κ1) is 22.6. The summed E-state index contributed by atoms with van der Waals surface area (Å²) in [5.41, 5.74) is 3.56. The molecule has 0 unspecified atom stereocenters. The van der Waals surface area contributed by atoms with E-state index >= 15 is 0 Å². The van der Waals surface area contributed by atoms with E-state index in [4.69, 9.17) is 4.74 Å². The van der Waals surface area contributed by atoms with Gasteiger partial charge in [0.05, 0.1) is 6.61 Å². The Morgan fingerprint density at radius 1 is 0.800 bits per heavy atom. The van der Waals surface area contributed by atoms with Crippen molar-refractivity contribution >= 4 is 5.78 Å². The molecule has 0 spiro atoms. The van der Waals surface area contributed by atoms with Gasteiger partial charge in [-0.3, -0.25) is 4.79 Å². The van der Waals surface area contributed by atoms with Gasteiger partial charge in [-0.25, -0.2) is 0 Å². The molecule has 2 aromatic carbocycles. The molecule has 30 heavy (non-hydrogen) atoms. The molecule has 0 N–H and O–H groups in total. The van der Waals surface area contributed by atoms with Crippen LogP contribution in [0, 0.1) is 5.92 Å². The predicted molar refractivity (Wildman–Crippen MR) is 126 cm³/mol. The van der Waals surface area contributed by atoms with Crippen LogP contribution < -0.4 is 4.74 Å². The van der Waals surface area contributed by atoms with Crippen LogP contribution in [0.4, 0.5) is 0 Å². The molecule has 0 heterocycles. The van der Waals surface area contributed by atoms with E-state index in [0.717, 1.165) is 38.0 Å². The van der Waals surface area contributed by atoms with Crippen LogP contribution in [0.15, 0.2) is 48.5 Å². The molecule has 2 atom stereocenters. The van der Waals surface area contributed by atoms with Gasteiger partial charge in [-0.1, -0.05) is 88.8 Å². The van der Waals surface area contributed by atoms with Gasteiger partial charge in [0.25, 0.3) is 0 Å². The maximum atomic E-state index is 12.5. The largest absolute Gasteiger partial charge is 0.494 e. The first-order chi connectivity index (χ1) is 14.7. The van der Waals surface area contributed by atoms with Crippen molar-refractivity contribution in [1.29, 1.82) is 0 Å². The van der Waals surface area contributed by atoms with Gasteiger partial charge in [0.15, 0.2) is 0 Å². The van der Waals surface area contributed by atoms with E-state index < -0.39 is 0 Å². The Labute approximate surface area is 183 Å². The van der Waals surface area contributed by atoms with Crippen LogP contribution >= 0.6 is 0 Å². The molecule has 0 radical (unpaired) electrons. The molecule has 1 aliphatic rings. The molecule has 1 aliphatic carbocycles. The third kappa shape index (κ3) is 6.45. The molecule has 0 aromatic heterocycles. The highest BCUT2D eigenvalue weighted by atomic mass is 16.5. The molecule has 1 saturated carbocycles. The minimum absolute atomic E-state index is 0.0969. The number of ether oxygens (including phenoxy) is 1. The molecule has 2 heteroatoms. The molecular formula is C28H38O2. The van der Waals surface area contributed by atoms with Crippen molar-refractivity contribution in [2.45, 2.75) is 84.0 Å². The van der Waals surface area contributed by atoms with Crippen LogP contribution in [0.1, 0.15) is 89.5 Å². The molecule has 162 valence electrons. The van der Waals surface area contributed by atoms with Gasteiger partial charge in [0.1, 0.15) is 11.5 Å². The van der Waals surface area contributed by atoms with Crippen LogP contribution in [0.25, 0.3) is 11.1 Å². The average Bonchev–Trinajstić information content (AvgIpc) is 2.79. The average molecular weight is 407 g/mol. The van der Waals surface area contributed by atoms with Crippen molar-refractivity contribution < 1.29 is 9.53 Å². The summed E-state index contributed by atoms with van der Waals surface area (Å²) in [7, 11) is 0. The molecule has 0 amide bonds. The summed E-state index contributed by atoms with van der Waals surface area (Å²) >= 11 is 0. The van der Waals surface area contributed by atoms with Crippen molar-refractivity contribution in [3.05, 3.63) is 54.1 Å². The smallest absolute Gasteiger partial charge is 0.140 e. The lowest BCUT2D eigenvalue weighted by atomic mass is 9.77. The van der Waals surface area contributed by atoms with Gasteiger partial charge in [-0.2, -0.15) is 0 Å². The maximum absolute atomic E-state index is 12.5. The second kappa shape index (κ2) is 11.9. The zero-order chi connectivity index (χ0) is 21.2. The quantitative estimate of drug-likeness (QED) is 0.354. The van der Waals surface area contributed by atoms with Crippen LogP contribution in [-0.2, 0) is 4.79 Å². The van der Waals surface area contributed by atoms with Crippen LogP contribution in [0.5, 0.6) is 5.75 Å². The number of rotatable bonds is 11. The van der Waals surface area contributed by atoms with Gasteiger partial charge in [0, 0.05) is 12.3 Å². The number of hydrogen-bond acceptors (Lipinski definition) is 2. The van der Waals surface area contributed by atoms with E-state index in [-0.39, 0.29) is 5.92 Å². The highest BCUT2D eigenvalue weighted by Crippen LogP contribution is 2.35. The summed E-state index contributed by atoms with van der Waals surface area (Å²) in [6.45, 7) is 5.24. The standard InChI is InChI=1S/C28H38O2/c1-3-5-6-7-8-9-20-30-26-17-15-24(16-18-26)23-11-13-25(14-12-23)27-19-10-22(4-2)21-28(27)29/h11-18,22,27H,3-10,19-21H2,1-2H3/t22-,27+/m1/s1. The number of benzene rings is 2. The summed E-state index contributed by atoms with van der Waals surface area (Å²) in [6.07, 6.45) is 11.7. The molecule has 3 rings (SSSR count). The van der Waals surface area contributed by atoms with E-state index in [9.17, 15) is 4.79 Å². The first-order valence-corrected chi connectivity index (χ1v) is 12.1. The van der Waals surface area contributed by atoms with Crippen molar-refractivity contribution in [2.24, 2.45) is 5.92 Å². The Morgan fingerprint density at radius 2 is 1.43 bits per heavy atom. The highest BCUT2D eigenvalue weighted by Gasteiger charge is 2.28. The second-order valence-corrected chi connectivity index (χ2v) is 8.84. The number of ketones is 1. The fourth-order valence-corrected chi connectivity index (χ4v) is 4.52. The lowest BCUT2D eigenvalue weighted by Gasteiger charge is -2.27. The topological polar surface area (TPSA) is 26.3 Å². The van der Waals surface area contributed by atoms with Crippen LogP contribution in [0.3, 0.4) is 0 Å².